The summed E-state index contributed by atoms with van der Waals surface area (Å²) in [5, 5.41) is 26.9. The van der Waals surface area contributed by atoms with Crippen molar-refractivity contribution in [3.8, 4) is 40.3 Å². The van der Waals surface area contributed by atoms with Gasteiger partial charge in [-0.1, -0.05) is 91.0 Å². The Hall–Kier alpha value is -7.86. The van der Waals surface area contributed by atoms with Gasteiger partial charge in [0.1, 0.15) is 0 Å². The predicted octanol–water partition coefficient (Wildman–Crippen LogP) is 12.4. The molecule has 0 atom stereocenters. The Bertz CT molecular complexity index is 3420. The van der Waals surface area contributed by atoms with E-state index < -0.39 is 0 Å². The maximum atomic E-state index is 10.2. The van der Waals surface area contributed by atoms with E-state index in [0.717, 1.165) is 71.8 Å². The minimum atomic E-state index is 0.583. The van der Waals surface area contributed by atoms with Crippen LogP contribution in [0.3, 0.4) is 0 Å². The second-order valence-electron chi connectivity index (χ2n) is 14.0. The molecule has 5 nitrogen and oxygen atoms in total. The number of para-hydroxylation sites is 5. The van der Waals surface area contributed by atoms with E-state index in [-0.39, 0.29) is 0 Å². The maximum absolute atomic E-state index is 10.2. The van der Waals surface area contributed by atoms with E-state index in [1.807, 2.05) is 42.5 Å². The summed E-state index contributed by atoms with van der Waals surface area (Å²) in [5.41, 5.74) is 12.8. The number of hydrogen-bond donors (Lipinski definition) is 0. The normalized spacial score (nSPS) is 11.6. The fraction of sp³-hybridized carbons (Fsp3) is 0. The number of rotatable bonds is 4. The lowest BCUT2D eigenvalue weighted by Gasteiger charge is -2.19. The van der Waals surface area contributed by atoms with E-state index in [2.05, 4.69) is 159 Å². The zero-order valence-corrected chi connectivity index (χ0v) is 29.5. The van der Waals surface area contributed by atoms with Gasteiger partial charge >= 0.3 is 0 Å². The van der Waals surface area contributed by atoms with Gasteiger partial charge in [-0.15, -0.1) is 0 Å². The molecule has 5 heteroatoms. The van der Waals surface area contributed by atoms with Crippen molar-refractivity contribution in [2.24, 2.45) is 0 Å². The second kappa shape index (κ2) is 11.8. The highest BCUT2D eigenvalue weighted by Crippen LogP contribution is 2.42. The van der Waals surface area contributed by atoms with Crippen molar-refractivity contribution in [2.75, 3.05) is 0 Å². The third-order valence-electron chi connectivity index (χ3n) is 11.1. The SMILES string of the molecule is N#Cc1ccc(-n2c3ccccc3c3cc(C#N)ccc32)c(-c2ccccc2-n2c3ccccc3c3cc(-n4c5ccccc5c5ccccc54)ccc32)c1. The lowest BCUT2D eigenvalue weighted by molar-refractivity contribution is 1.15. The van der Waals surface area contributed by atoms with Crippen LogP contribution in [0, 0.1) is 22.7 Å². The van der Waals surface area contributed by atoms with E-state index in [4.69, 9.17) is 0 Å². The molecule has 0 saturated heterocycles. The van der Waals surface area contributed by atoms with Gasteiger partial charge in [0, 0.05) is 49.1 Å². The molecule has 55 heavy (non-hydrogen) atoms. The molecule has 254 valence electrons. The molecule has 0 N–H and O–H groups in total. The van der Waals surface area contributed by atoms with Gasteiger partial charge in [-0.3, -0.25) is 0 Å². The maximum Gasteiger partial charge on any atom is 0.0991 e. The number of nitrogens with zero attached hydrogens (tertiary/aromatic N) is 5. The molecule has 0 radical (unpaired) electrons. The standard InChI is InChI=1S/C50H29N5/c51-30-32-21-24-48(55-46-19-9-4-14-38(46)41-28-33(31-52)22-25-49(41)55)40(27-32)37-13-3-8-18-45(37)54-47-20-10-5-15-39(47)42-29-34(23-26-50(42)54)53-43-16-6-1-11-35(43)36-12-2-7-17-44(36)53/h1-29H. The topological polar surface area (TPSA) is 62.4 Å². The molecule has 8 aromatic carbocycles. The molecule has 11 rings (SSSR count). The molecule has 0 aliphatic heterocycles. The van der Waals surface area contributed by atoms with Crippen LogP contribution in [0.15, 0.2) is 176 Å². The summed E-state index contributed by atoms with van der Waals surface area (Å²) in [7, 11) is 0. The zero-order valence-electron chi connectivity index (χ0n) is 29.5. The Morgan fingerprint density at radius 2 is 0.727 bits per heavy atom. The molecule has 11 aromatic rings. The summed E-state index contributed by atoms with van der Waals surface area (Å²) >= 11 is 0. The smallest absolute Gasteiger partial charge is 0.0991 e. The van der Waals surface area contributed by atoms with E-state index >= 15 is 0 Å². The number of aromatic nitrogens is 3. The van der Waals surface area contributed by atoms with Gasteiger partial charge in [0.2, 0.25) is 0 Å². The van der Waals surface area contributed by atoms with Crippen LogP contribution in [0.25, 0.3) is 93.6 Å². The van der Waals surface area contributed by atoms with Crippen LogP contribution in [0.5, 0.6) is 0 Å². The highest BCUT2D eigenvalue weighted by molar-refractivity contribution is 6.13. The van der Waals surface area contributed by atoms with Gasteiger partial charge in [-0.05, 0) is 84.9 Å². The summed E-state index contributed by atoms with van der Waals surface area (Å²) in [6.45, 7) is 0. The third kappa shape index (κ3) is 4.45. The summed E-state index contributed by atoms with van der Waals surface area (Å²) in [6, 6.07) is 66.0. The number of nitriles is 2. The van der Waals surface area contributed by atoms with Crippen molar-refractivity contribution in [3.63, 3.8) is 0 Å². The van der Waals surface area contributed by atoms with Crippen LogP contribution in [0.4, 0.5) is 0 Å². The molecule has 0 aliphatic carbocycles. The van der Waals surface area contributed by atoms with Crippen LogP contribution >= 0.6 is 0 Å². The molecule has 0 aliphatic rings. The van der Waals surface area contributed by atoms with Gasteiger partial charge in [0.15, 0.2) is 0 Å². The summed E-state index contributed by atoms with van der Waals surface area (Å²) in [5.74, 6) is 0. The van der Waals surface area contributed by atoms with E-state index in [9.17, 15) is 10.5 Å². The van der Waals surface area contributed by atoms with Crippen molar-refractivity contribution >= 4 is 65.4 Å². The first-order valence-electron chi connectivity index (χ1n) is 18.3. The minimum Gasteiger partial charge on any atom is -0.309 e. The third-order valence-corrected chi connectivity index (χ3v) is 11.1. The van der Waals surface area contributed by atoms with Gasteiger partial charge < -0.3 is 13.7 Å². The van der Waals surface area contributed by atoms with Crippen molar-refractivity contribution in [2.45, 2.75) is 0 Å². The van der Waals surface area contributed by atoms with Crippen LogP contribution in [0.2, 0.25) is 0 Å². The largest absolute Gasteiger partial charge is 0.309 e. The van der Waals surface area contributed by atoms with E-state index in [0.29, 0.717) is 11.1 Å². The quantitative estimate of drug-likeness (QED) is 0.184. The van der Waals surface area contributed by atoms with Gasteiger partial charge in [-0.2, -0.15) is 10.5 Å². The zero-order chi connectivity index (χ0) is 36.6. The fourth-order valence-electron chi connectivity index (χ4n) is 8.77. The van der Waals surface area contributed by atoms with Crippen LogP contribution < -0.4 is 0 Å². The van der Waals surface area contributed by atoms with Crippen molar-refractivity contribution in [1.29, 1.82) is 10.5 Å². The van der Waals surface area contributed by atoms with Gasteiger partial charge in [-0.25, -0.2) is 0 Å². The van der Waals surface area contributed by atoms with Crippen LogP contribution in [-0.2, 0) is 0 Å². The van der Waals surface area contributed by atoms with E-state index in [1.54, 1.807) is 0 Å². The minimum absolute atomic E-state index is 0.583. The van der Waals surface area contributed by atoms with Crippen molar-refractivity contribution in [1.82, 2.24) is 13.7 Å². The van der Waals surface area contributed by atoms with Crippen LogP contribution in [0.1, 0.15) is 11.1 Å². The molecule has 0 spiro atoms. The molecule has 0 bridgehead atoms. The second-order valence-corrected chi connectivity index (χ2v) is 14.0. The first-order valence-corrected chi connectivity index (χ1v) is 18.3. The average molecular weight is 700 g/mol. The lowest BCUT2D eigenvalue weighted by atomic mass is 9.98. The Morgan fingerprint density at radius 1 is 0.309 bits per heavy atom. The number of fused-ring (bicyclic) bond motifs is 9. The number of benzene rings is 8. The average Bonchev–Trinajstić information content (AvgIpc) is 3.88. The molecule has 0 fully saturated rings. The summed E-state index contributed by atoms with van der Waals surface area (Å²) in [6.07, 6.45) is 0. The monoisotopic (exact) mass is 699 g/mol. The molecule has 0 amide bonds. The molecule has 3 heterocycles. The first kappa shape index (κ1) is 30.7. The van der Waals surface area contributed by atoms with Crippen molar-refractivity contribution in [3.05, 3.63) is 187 Å². The molecular formula is C50H29N5. The highest BCUT2D eigenvalue weighted by Gasteiger charge is 2.21. The number of hydrogen-bond acceptors (Lipinski definition) is 2. The van der Waals surface area contributed by atoms with Gasteiger partial charge in [0.05, 0.1) is 67.7 Å². The molecular weight excluding hydrogens is 671 g/mol. The van der Waals surface area contributed by atoms with E-state index in [1.165, 1.54) is 21.8 Å². The highest BCUT2D eigenvalue weighted by atomic mass is 15.0. The van der Waals surface area contributed by atoms with Crippen molar-refractivity contribution < 1.29 is 0 Å². The predicted molar refractivity (Wildman–Crippen MR) is 224 cm³/mol. The molecule has 3 aromatic heterocycles. The molecule has 0 unspecified atom stereocenters. The fourth-order valence-corrected chi connectivity index (χ4v) is 8.77. The van der Waals surface area contributed by atoms with Crippen LogP contribution in [-0.4, -0.2) is 13.7 Å². The van der Waals surface area contributed by atoms with Gasteiger partial charge in [0.25, 0.3) is 0 Å². The Morgan fingerprint density at radius 3 is 1.33 bits per heavy atom. The first-order chi connectivity index (χ1) is 27.2. The Balaban J connectivity index is 1.18. The Labute approximate surface area is 316 Å². The Kier molecular flexibility index (Phi) is 6.61. The molecule has 0 saturated carbocycles. The summed E-state index contributed by atoms with van der Waals surface area (Å²) < 4.78 is 7.00. The lowest BCUT2D eigenvalue weighted by Crippen LogP contribution is -2.02. The summed E-state index contributed by atoms with van der Waals surface area (Å²) in [4.78, 5) is 0.